The molecule has 0 aliphatic carbocycles. The summed E-state index contributed by atoms with van der Waals surface area (Å²) in [5.41, 5.74) is 1.12. The first kappa shape index (κ1) is 14.5. The van der Waals surface area contributed by atoms with Crippen molar-refractivity contribution >= 4 is 15.9 Å². The molecule has 0 aliphatic rings. The highest BCUT2D eigenvalue weighted by atomic mass is 79.9. The van der Waals surface area contributed by atoms with Crippen LogP contribution in [-0.4, -0.2) is 29.5 Å². The van der Waals surface area contributed by atoms with Gasteiger partial charge in [-0.1, -0.05) is 13.0 Å². The van der Waals surface area contributed by atoms with Crippen LogP contribution in [0.1, 0.15) is 31.7 Å². The topological polar surface area (TPSA) is 49.7 Å². The predicted octanol–water partition coefficient (Wildman–Crippen LogP) is 2.69. The van der Waals surface area contributed by atoms with Crippen LogP contribution in [0.2, 0.25) is 0 Å². The molecule has 0 bridgehead atoms. The van der Waals surface area contributed by atoms with E-state index in [1.807, 2.05) is 32.0 Å². The summed E-state index contributed by atoms with van der Waals surface area (Å²) in [5.74, 6) is 1.02. The number of hydrogen-bond donors (Lipinski definition) is 2. The van der Waals surface area contributed by atoms with E-state index in [4.69, 9.17) is 9.84 Å². The third-order valence-corrected chi connectivity index (χ3v) is 3.28. The minimum Gasteiger partial charge on any atom is -0.493 e. The molecule has 17 heavy (non-hydrogen) atoms. The van der Waals surface area contributed by atoms with Crippen molar-refractivity contribution in [3.63, 3.8) is 0 Å². The Hall–Kier alpha value is -0.580. The molecule has 1 rings (SSSR count). The van der Waals surface area contributed by atoms with E-state index in [0.717, 1.165) is 15.8 Å². The lowest BCUT2D eigenvalue weighted by atomic mass is 9.95. The van der Waals surface area contributed by atoms with Crippen LogP contribution in [0.15, 0.2) is 22.7 Å². The molecule has 0 saturated heterocycles. The average Bonchev–Trinajstić information content (AvgIpc) is 2.31. The van der Waals surface area contributed by atoms with Crippen LogP contribution in [0.5, 0.6) is 5.75 Å². The summed E-state index contributed by atoms with van der Waals surface area (Å²) >= 11 is 3.46. The monoisotopic (exact) mass is 302 g/mol. The Labute approximate surface area is 111 Å². The highest BCUT2D eigenvalue weighted by molar-refractivity contribution is 9.10. The van der Waals surface area contributed by atoms with E-state index in [-0.39, 0.29) is 12.5 Å². The molecule has 4 heteroatoms. The van der Waals surface area contributed by atoms with E-state index in [0.29, 0.717) is 13.0 Å². The van der Waals surface area contributed by atoms with Crippen molar-refractivity contribution in [2.75, 3.05) is 13.2 Å². The van der Waals surface area contributed by atoms with Crippen LogP contribution in [-0.2, 0) is 0 Å². The smallest absolute Gasteiger partial charge is 0.133 e. The number of hydrogen-bond acceptors (Lipinski definition) is 3. The van der Waals surface area contributed by atoms with Crippen LogP contribution in [0.3, 0.4) is 0 Å². The molecule has 1 aromatic carbocycles. The van der Waals surface area contributed by atoms with Gasteiger partial charge >= 0.3 is 0 Å². The zero-order valence-corrected chi connectivity index (χ0v) is 11.8. The fourth-order valence-electron chi connectivity index (χ4n) is 1.71. The summed E-state index contributed by atoms with van der Waals surface area (Å²) in [7, 11) is 0. The van der Waals surface area contributed by atoms with Gasteiger partial charge in [0, 0.05) is 0 Å². The van der Waals surface area contributed by atoms with Gasteiger partial charge in [-0.25, -0.2) is 0 Å². The largest absolute Gasteiger partial charge is 0.493 e. The van der Waals surface area contributed by atoms with E-state index < -0.39 is 6.10 Å². The van der Waals surface area contributed by atoms with Crippen molar-refractivity contribution in [1.82, 2.24) is 0 Å². The molecule has 0 aliphatic heterocycles. The number of benzene rings is 1. The normalized spacial score (nSPS) is 14.4. The molecular formula is C13H19BrO3. The lowest BCUT2D eigenvalue weighted by molar-refractivity contribution is 0.0835. The first-order valence-corrected chi connectivity index (χ1v) is 6.59. The van der Waals surface area contributed by atoms with Gasteiger partial charge in [0.25, 0.3) is 0 Å². The Morgan fingerprint density at radius 1 is 1.41 bits per heavy atom. The molecule has 2 N–H and O–H groups in total. The zero-order valence-electron chi connectivity index (χ0n) is 10.2. The number of aliphatic hydroxyl groups is 2. The second kappa shape index (κ2) is 6.99. The molecule has 0 fully saturated rings. The van der Waals surface area contributed by atoms with E-state index in [1.54, 1.807) is 0 Å². The lowest BCUT2D eigenvalue weighted by Crippen LogP contribution is -2.15. The second-order valence-corrected chi connectivity index (χ2v) is 4.95. The molecule has 2 atom stereocenters. The van der Waals surface area contributed by atoms with Gasteiger partial charge < -0.3 is 14.9 Å². The zero-order chi connectivity index (χ0) is 12.8. The molecule has 0 aromatic heterocycles. The first-order valence-electron chi connectivity index (χ1n) is 5.79. The Morgan fingerprint density at radius 2 is 2.12 bits per heavy atom. The Morgan fingerprint density at radius 3 is 2.65 bits per heavy atom. The van der Waals surface area contributed by atoms with Crippen molar-refractivity contribution in [1.29, 1.82) is 0 Å². The van der Waals surface area contributed by atoms with Gasteiger partial charge in [0.2, 0.25) is 0 Å². The molecule has 0 saturated carbocycles. The standard InChI is InChI=1S/C13H19BrO3/c1-3-17-13-5-4-10(7-12(13)14)9(2)6-11(16)8-15/h4-5,7,9,11,15-16H,3,6,8H2,1-2H3. The summed E-state index contributed by atoms with van der Waals surface area (Å²) in [5, 5.41) is 18.2. The van der Waals surface area contributed by atoms with E-state index >= 15 is 0 Å². The molecule has 0 radical (unpaired) electrons. The first-order chi connectivity index (χ1) is 8.08. The van der Waals surface area contributed by atoms with Crippen molar-refractivity contribution in [3.05, 3.63) is 28.2 Å². The highest BCUT2D eigenvalue weighted by Gasteiger charge is 2.13. The van der Waals surface area contributed by atoms with Crippen molar-refractivity contribution in [2.45, 2.75) is 32.3 Å². The summed E-state index contributed by atoms with van der Waals surface area (Å²) in [6.45, 7) is 4.42. The minimum atomic E-state index is -0.657. The Balaban J connectivity index is 2.75. The third-order valence-electron chi connectivity index (χ3n) is 2.66. The van der Waals surface area contributed by atoms with E-state index in [9.17, 15) is 5.11 Å². The van der Waals surface area contributed by atoms with Crippen LogP contribution in [0, 0.1) is 0 Å². The van der Waals surface area contributed by atoms with Gasteiger partial charge in [-0.15, -0.1) is 0 Å². The summed E-state index contributed by atoms with van der Waals surface area (Å²) in [6.07, 6.45) is -0.105. The van der Waals surface area contributed by atoms with Crippen LogP contribution < -0.4 is 4.74 Å². The predicted molar refractivity (Wildman–Crippen MR) is 71.4 cm³/mol. The van der Waals surface area contributed by atoms with Crippen molar-refractivity contribution in [3.8, 4) is 5.75 Å². The van der Waals surface area contributed by atoms with Gasteiger partial charge in [-0.3, -0.25) is 0 Å². The van der Waals surface area contributed by atoms with Gasteiger partial charge in [0.05, 0.1) is 23.8 Å². The molecule has 96 valence electrons. The average molecular weight is 303 g/mol. The van der Waals surface area contributed by atoms with E-state index in [1.165, 1.54) is 0 Å². The SMILES string of the molecule is CCOc1ccc(C(C)CC(O)CO)cc1Br. The maximum Gasteiger partial charge on any atom is 0.133 e. The minimum absolute atomic E-state index is 0.192. The van der Waals surface area contributed by atoms with Gasteiger partial charge in [-0.2, -0.15) is 0 Å². The van der Waals surface area contributed by atoms with Crippen molar-refractivity contribution in [2.24, 2.45) is 0 Å². The maximum absolute atomic E-state index is 9.41. The van der Waals surface area contributed by atoms with Gasteiger partial charge in [-0.05, 0) is 52.9 Å². The molecule has 1 aromatic rings. The van der Waals surface area contributed by atoms with Crippen LogP contribution in [0.4, 0.5) is 0 Å². The van der Waals surface area contributed by atoms with Gasteiger partial charge in [0.1, 0.15) is 5.75 Å². The molecule has 0 heterocycles. The molecule has 3 nitrogen and oxygen atoms in total. The Kier molecular flexibility index (Phi) is 5.95. The maximum atomic E-state index is 9.41. The molecule has 0 amide bonds. The quantitative estimate of drug-likeness (QED) is 0.849. The van der Waals surface area contributed by atoms with Crippen LogP contribution >= 0.6 is 15.9 Å². The number of ether oxygens (including phenoxy) is 1. The molecule has 2 unspecified atom stereocenters. The lowest BCUT2D eigenvalue weighted by Gasteiger charge is -2.16. The number of rotatable bonds is 6. The number of halogens is 1. The van der Waals surface area contributed by atoms with Gasteiger partial charge in [0.15, 0.2) is 0 Å². The molecule has 0 spiro atoms. The van der Waals surface area contributed by atoms with Crippen LogP contribution in [0.25, 0.3) is 0 Å². The molecular weight excluding hydrogens is 284 g/mol. The van der Waals surface area contributed by atoms with E-state index in [2.05, 4.69) is 15.9 Å². The fourth-order valence-corrected chi connectivity index (χ4v) is 2.23. The third kappa shape index (κ3) is 4.30. The van der Waals surface area contributed by atoms with Crippen molar-refractivity contribution < 1.29 is 14.9 Å². The summed E-state index contributed by atoms with van der Waals surface area (Å²) < 4.78 is 6.36. The number of aliphatic hydroxyl groups excluding tert-OH is 2. The summed E-state index contributed by atoms with van der Waals surface area (Å²) in [4.78, 5) is 0. The fraction of sp³-hybridized carbons (Fsp3) is 0.538. The highest BCUT2D eigenvalue weighted by Crippen LogP contribution is 2.30. The Bertz CT molecular complexity index is 355. The summed E-state index contributed by atoms with van der Waals surface area (Å²) in [6, 6.07) is 5.91. The second-order valence-electron chi connectivity index (χ2n) is 4.10.